The average molecular weight is 426 g/mol. The molecular weight excluding hydrogens is 400 g/mol. The van der Waals surface area contributed by atoms with Gasteiger partial charge in [-0.2, -0.15) is 12.6 Å². The fourth-order valence-electron chi connectivity index (χ4n) is 3.05. The van der Waals surface area contributed by atoms with E-state index < -0.39 is 47.9 Å². The highest BCUT2D eigenvalue weighted by Crippen LogP contribution is 2.20. The number of nitrogens with zero attached hydrogens (tertiary/aromatic N) is 2. The molecule has 12 heteroatoms. The summed E-state index contributed by atoms with van der Waals surface area (Å²) in [6, 6.07) is -3.72. The molecule has 2 rings (SSSR count). The van der Waals surface area contributed by atoms with E-state index in [9.17, 15) is 19.2 Å². The molecule has 11 nitrogen and oxygen atoms in total. The molecule has 160 valence electrons. The quantitative estimate of drug-likeness (QED) is 0.255. The Morgan fingerprint density at radius 3 is 2.72 bits per heavy atom. The summed E-state index contributed by atoms with van der Waals surface area (Å²) >= 11 is 4.00. The minimum atomic E-state index is -1.17. The third-order valence-corrected chi connectivity index (χ3v) is 5.09. The lowest BCUT2D eigenvalue weighted by Crippen LogP contribution is -2.57. The van der Waals surface area contributed by atoms with Crippen LogP contribution in [0.25, 0.3) is 0 Å². The number of nitrogens with one attached hydrogen (secondary N) is 3. The summed E-state index contributed by atoms with van der Waals surface area (Å²) in [7, 11) is 0. The standard InChI is InChI=1S/C17H26N6O5S/c1-9(17(27)28)21-15(25)13-3-2-4-23(13)16(26)12(5-10-6-19-8-20-10)22-14(24)11(18)7-29/h6,8-9,11-13,29H,2-5,7,18H2,1H3,(H,19,20)(H,21,25)(H,22,24)(H,27,28). The predicted molar refractivity (Wildman–Crippen MR) is 106 cm³/mol. The summed E-state index contributed by atoms with van der Waals surface area (Å²) in [5.41, 5.74) is 6.32. The molecule has 0 bridgehead atoms. The number of carbonyl (C=O) groups excluding carboxylic acids is 3. The normalized spacial score (nSPS) is 19.3. The summed E-state index contributed by atoms with van der Waals surface area (Å²) in [4.78, 5) is 57.1. The molecule has 0 spiro atoms. The number of carbonyl (C=O) groups is 4. The molecule has 0 aliphatic carbocycles. The van der Waals surface area contributed by atoms with Crippen LogP contribution in [0, 0.1) is 0 Å². The number of hydrogen-bond donors (Lipinski definition) is 6. The summed E-state index contributed by atoms with van der Waals surface area (Å²) in [6.07, 6.45) is 4.13. The molecule has 4 unspecified atom stereocenters. The van der Waals surface area contributed by atoms with Crippen LogP contribution in [0.1, 0.15) is 25.5 Å². The fourth-order valence-corrected chi connectivity index (χ4v) is 3.22. The molecule has 1 aromatic heterocycles. The molecule has 1 aromatic rings. The highest BCUT2D eigenvalue weighted by atomic mass is 32.1. The number of carboxylic acids is 1. The van der Waals surface area contributed by atoms with Crippen LogP contribution in [0.2, 0.25) is 0 Å². The molecular formula is C17H26N6O5S. The van der Waals surface area contributed by atoms with Crippen molar-refractivity contribution >= 4 is 36.3 Å². The van der Waals surface area contributed by atoms with Gasteiger partial charge in [-0.1, -0.05) is 0 Å². The van der Waals surface area contributed by atoms with Crippen molar-refractivity contribution in [1.82, 2.24) is 25.5 Å². The number of hydrogen-bond acceptors (Lipinski definition) is 7. The smallest absolute Gasteiger partial charge is 0.325 e. The van der Waals surface area contributed by atoms with E-state index in [0.29, 0.717) is 25.1 Å². The molecule has 1 aliphatic heterocycles. The topological polar surface area (TPSA) is 171 Å². The van der Waals surface area contributed by atoms with Crippen molar-refractivity contribution in [3.05, 3.63) is 18.2 Å². The third kappa shape index (κ3) is 5.94. The Hall–Kier alpha value is -2.60. The Morgan fingerprint density at radius 1 is 1.41 bits per heavy atom. The number of H-pyrrole nitrogens is 1. The van der Waals surface area contributed by atoms with Crippen LogP contribution in [-0.2, 0) is 25.6 Å². The first-order chi connectivity index (χ1) is 13.7. The predicted octanol–water partition coefficient (Wildman–Crippen LogP) is -1.73. The van der Waals surface area contributed by atoms with Gasteiger partial charge in [0.15, 0.2) is 0 Å². The van der Waals surface area contributed by atoms with Gasteiger partial charge in [0, 0.05) is 30.6 Å². The van der Waals surface area contributed by atoms with Crippen molar-refractivity contribution in [2.75, 3.05) is 12.3 Å². The fraction of sp³-hybridized carbons (Fsp3) is 0.588. The Bertz CT molecular complexity index is 743. The van der Waals surface area contributed by atoms with Crippen molar-refractivity contribution in [3.63, 3.8) is 0 Å². The van der Waals surface area contributed by atoms with Gasteiger partial charge in [-0.05, 0) is 19.8 Å². The van der Waals surface area contributed by atoms with Crippen LogP contribution in [0.5, 0.6) is 0 Å². The van der Waals surface area contributed by atoms with Crippen molar-refractivity contribution in [2.45, 2.75) is 50.4 Å². The lowest BCUT2D eigenvalue weighted by molar-refractivity contribution is -0.144. The Morgan fingerprint density at radius 2 is 2.14 bits per heavy atom. The maximum Gasteiger partial charge on any atom is 0.325 e. The number of aliphatic carboxylic acids is 1. The van der Waals surface area contributed by atoms with Gasteiger partial charge >= 0.3 is 5.97 Å². The second kappa shape index (κ2) is 10.3. The number of aromatic nitrogens is 2. The molecule has 1 aliphatic rings. The van der Waals surface area contributed by atoms with Gasteiger partial charge in [0.1, 0.15) is 18.1 Å². The van der Waals surface area contributed by atoms with E-state index in [1.54, 1.807) is 0 Å². The van der Waals surface area contributed by atoms with E-state index in [0.717, 1.165) is 0 Å². The summed E-state index contributed by atoms with van der Waals surface area (Å²) in [5, 5.41) is 14.0. The van der Waals surface area contributed by atoms with Gasteiger partial charge in [-0.25, -0.2) is 4.98 Å². The van der Waals surface area contributed by atoms with Gasteiger partial charge in [0.2, 0.25) is 17.7 Å². The van der Waals surface area contributed by atoms with Gasteiger partial charge in [-0.3, -0.25) is 19.2 Å². The van der Waals surface area contributed by atoms with E-state index in [1.807, 2.05) is 0 Å². The molecule has 1 fully saturated rings. The number of aromatic amines is 1. The van der Waals surface area contributed by atoms with E-state index in [2.05, 4.69) is 33.2 Å². The van der Waals surface area contributed by atoms with E-state index in [1.165, 1.54) is 24.3 Å². The summed E-state index contributed by atoms with van der Waals surface area (Å²) < 4.78 is 0. The maximum absolute atomic E-state index is 13.2. The summed E-state index contributed by atoms with van der Waals surface area (Å²) in [6.45, 7) is 1.67. The largest absolute Gasteiger partial charge is 0.480 e. The second-order valence-electron chi connectivity index (χ2n) is 6.89. The van der Waals surface area contributed by atoms with Gasteiger partial charge in [-0.15, -0.1) is 0 Å². The highest BCUT2D eigenvalue weighted by molar-refractivity contribution is 7.80. The average Bonchev–Trinajstić information content (AvgIpc) is 3.37. The number of rotatable bonds is 9. The number of imidazole rings is 1. The molecule has 3 amide bonds. The van der Waals surface area contributed by atoms with Crippen LogP contribution >= 0.6 is 12.6 Å². The van der Waals surface area contributed by atoms with Gasteiger partial charge < -0.3 is 31.4 Å². The molecule has 6 N–H and O–H groups in total. The zero-order chi connectivity index (χ0) is 21.6. The summed E-state index contributed by atoms with van der Waals surface area (Å²) in [5.74, 6) is -2.57. The molecule has 4 atom stereocenters. The van der Waals surface area contributed by atoms with Crippen LogP contribution in [0.4, 0.5) is 0 Å². The van der Waals surface area contributed by atoms with E-state index >= 15 is 0 Å². The van der Waals surface area contributed by atoms with Gasteiger partial charge in [0.25, 0.3) is 0 Å². The van der Waals surface area contributed by atoms with Crippen molar-refractivity contribution < 1.29 is 24.3 Å². The Balaban J connectivity index is 2.15. The minimum Gasteiger partial charge on any atom is -0.480 e. The first kappa shape index (κ1) is 22.7. The van der Waals surface area contributed by atoms with Crippen LogP contribution < -0.4 is 16.4 Å². The van der Waals surface area contributed by atoms with Crippen LogP contribution in [-0.4, -0.2) is 80.1 Å². The van der Waals surface area contributed by atoms with E-state index in [4.69, 9.17) is 10.8 Å². The molecule has 0 radical (unpaired) electrons. The number of thiol groups is 1. The van der Waals surface area contributed by atoms with Crippen LogP contribution in [0.3, 0.4) is 0 Å². The van der Waals surface area contributed by atoms with Crippen molar-refractivity contribution in [1.29, 1.82) is 0 Å². The van der Waals surface area contributed by atoms with Gasteiger partial charge in [0.05, 0.1) is 12.4 Å². The zero-order valence-electron chi connectivity index (χ0n) is 16.0. The Kier molecular flexibility index (Phi) is 8.02. The minimum absolute atomic E-state index is 0.110. The van der Waals surface area contributed by atoms with Crippen LogP contribution in [0.15, 0.2) is 12.5 Å². The molecule has 2 heterocycles. The molecule has 0 aromatic carbocycles. The van der Waals surface area contributed by atoms with Crippen molar-refractivity contribution in [3.8, 4) is 0 Å². The lowest BCUT2D eigenvalue weighted by Gasteiger charge is -2.29. The lowest BCUT2D eigenvalue weighted by atomic mass is 10.1. The Labute approximate surface area is 173 Å². The third-order valence-electron chi connectivity index (χ3n) is 4.69. The second-order valence-corrected chi connectivity index (χ2v) is 7.25. The molecule has 0 saturated carbocycles. The first-order valence-electron chi connectivity index (χ1n) is 9.22. The van der Waals surface area contributed by atoms with Crippen molar-refractivity contribution in [2.24, 2.45) is 5.73 Å². The number of likely N-dealkylation sites (tertiary alicyclic amines) is 1. The molecule has 1 saturated heterocycles. The number of amides is 3. The monoisotopic (exact) mass is 426 g/mol. The first-order valence-corrected chi connectivity index (χ1v) is 9.85. The zero-order valence-corrected chi connectivity index (χ0v) is 16.9. The highest BCUT2D eigenvalue weighted by Gasteiger charge is 2.38. The maximum atomic E-state index is 13.2. The molecule has 29 heavy (non-hydrogen) atoms. The number of carboxylic acid groups (broad SMARTS) is 1. The van der Waals surface area contributed by atoms with E-state index in [-0.39, 0.29) is 12.2 Å². The SMILES string of the molecule is CC(NC(=O)C1CCCN1C(=O)C(Cc1cnc[nH]1)NC(=O)C(N)CS)C(=O)O. The number of nitrogens with two attached hydrogens (primary N) is 1.